The molecule has 4 aromatic rings. The van der Waals surface area contributed by atoms with E-state index in [2.05, 4.69) is 42.8 Å². The summed E-state index contributed by atoms with van der Waals surface area (Å²) in [5.41, 5.74) is 10.3. The monoisotopic (exact) mass is 435 g/mol. The van der Waals surface area contributed by atoms with Crippen molar-refractivity contribution in [2.45, 2.75) is 44.8 Å². The summed E-state index contributed by atoms with van der Waals surface area (Å²) in [5, 5.41) is 13.4. The number of para-hydroxylation sites is 1. The lowest BCUT2D eigenvalue weighted by molar-refractivity contribution is -0.223. The SMILES string of the molecule is Cc1c2cc(OCCO[C@H]3C[C@H](N)[C@H](O)[C@H](C)O3)ccc2nc2c1c1ccccc1n2C. The number of aliphatic hydroxyl groups excluding tert-OH is 1. The first-order chi connectivity index (χ1) is 15.4. The average Bonchev–Trinajstić information content (AvgIpc) is 3.08. The lowest BCUT2D eigenvalue weighted by Crippen LogP contribution is -2.51. The number of hydrogen-bond acceptors (Lipinski definition) is 6. The molecule has 0 radical (unpaired) electrons. The van der Waals surface area contributed by atoms with Crippen molar-refractivity contribution < 1.29 is 19.3 Å². The molecular formula is C25H29N3O4. The molecule has 7 nitrogen and oxygen atoms in total. The smallest absolute Gasteiger partial charge is 0.159 e. The molecule has 7 heteroatoms. The van der Waals surface area contributed by atoms with E-state index in [1.165, 1.54) is 21.9 Å². The van der Waals surface area contributed by atoms with Gasteiger partial charge in [-0.2, -0.15) is 0 Å². The number of nitrogens with zero attached hydrogens (tertiary/aromatic N) is 2. The summed E-state index contributed by atoms with van der Waals surface area (Å²) in [4.78, 5) is 4.93. The van der Waals surface area contributed by atoms with Crippen LogP contribution >= 0.6 is 0 Å². The van der Waals surface area contributed by atoms with Crippen molar-refractivity contribution in [3.8, 4) is 5.75 Å². The first-order valence-electron chi connectivity index (χ1n) is 11.0. The number of aromatic nitrogens is 2. The molecule has 0 unspecified atom stereocenters. The van der Waals surface area contributed by atoms with Gasteiger partial charge in [0, 0.05) is 35.7 Å². The molecule has 168 valence electrons. The second-order valence-electron chi connectivity index (χ2n) is 8.57. The molecule has 1 saturated heterocycles. The highest BCUT2D eigenvalue weighted by molar-refractivity contribution is 6.12. The summed E-state index contributed by atoms with van der Waals surface area (Å²) in [6, 6.07) is 14.0. The van der Waals surface area contributed by atoms with Gasteiger partial charge in [0.2, 0.25) is 0 Å². The van der Waals surface area contributed by atoms with Crippen molar-refractivity contribution >= 4 is 32.8 Å². The van der Waals surface area contributed by atoms with Gasteiger partial charge in [-0.3, -0.25) is 0 Å². The highest BCUT2D eigenvalue weighted by atomic mass is 16.7. The Balaban J connectivity index is 1.33. The van der Waals surface area contributed by atoms with E-state index in [1.807, 2.05) is 18.2 Å². The minimum atomic E-state index is -0.659. The molecule has 0 spiro atoms. The van der Waals surface area contributed by atoms with Crippen molar-refractivity contribution in [2.75, 3.05) is 13.2 Å². The largest absolute Gasteiger partial charge is 0.491 e. The number of ether oxygens (including phenoxy) is 3. The molecule has 5 rings (SSSR count). The van der Waals surface area contributed by atoms with Gasteiger partial charge in [0.05, 0.1) is 29.8 Å². The first-order valence-corrected chi connectivity index (χ1v) is 11.0. The van der Waals surface area contributed by atoms with E-state index in [0.29, 0.717) is 19.6 Å². The molecule has 0 amide bonds. The molecule has 0 bridgehead atoms. The van der Waals surface area contributed by atoms with Gasteiger partial charge in [-0.05, 0) is 43.7 Å². The Morgan fingerprint density at radius 3 is 2.81 bits per heavy atom. The minimum Gasteiger partial charge on any atom is -0.491 e. The normalized spacial score (nSPS) is 23.9. The maximum Gasteiger partial charge on any atom is 0.159 e. The summed E-state index contributed by atoms with van der Waals surface area (Å²) in [6.45, 7) is 4.71. The van der Waals surface area contributed by atoms with Crippen LogP contribution in [0.15, 0.2) is 42.5 Å². The van der Waals surface area contributed by atoms with Crippen LogP contribution in [-0.4, -0.2) is 52.4 Å². The van der Waals surface area contributed by atoms with Gasteiger partial charge in [-0.15, -0.1) is 0 Å². The predicted molar refractivity (Wildman–Crippen MR) is 125 cm³/mol. The van der Waals surface area contributed by atoms with Crippen LogP contribution in [0.4, 0.5) is 0 Å². The standard InChI is InChI=1S/C25H29N3O4/c1-14-18-12-16(30-10-11-31-22-13-19(26)24(29)15(2)32-22)8-9-20(18)27-25-23(14)17-6-4-5-7-21(17)28(25)3/h4-9,12,15,19,22,24,29H,10-11,13,26H2,1-3H3/t15-,19-,22+,24+/m0/s1. The molecule has 3 N–H and O–H groups in total. The fraction of sp³-hybridized carbons (Fsp3) is 0.400. The minimum absolute atomic E-state index is 0.341. The van der Waals surface area contributed by atoms with E-state index in [9.17, 15) is 5.11 Å². The molecule has 2 aromatic heterocycles. The van der Waals surface area contributed by atoms with Crippen LogP contribution in [0.1, 0.15) is 18.9 Å². The number of fused-ring (bicyclic) bond motifs is 4. The van der Waals surface area contributed by atoms with Gasteiger partial charge in [0.1, 0.15) is 18.0 Å². The van der Waals surface area contributed by atoms with Gasteiger partial charge in [0.25, 0.3) is 0 Å². The Hall–Kier alpha value is -2.71. The molecule has 1 fully saturated rings. The number of pyridine rings is 1. The third-order valence-electron chi connectivity index (χ3n) is 6.46. The molecule has 3 heterocycles. The van der Waals surface area contributed by atoms with E-state index < -0.39 is 12.4 Å². The highest BCUT2D eigenvalue weighted by Crippen LogP contribution is 2.34. The van der Waals surface area contributed by atoms with Crippen LogP contribution in [0.5, 0.6) is 5.75 Å². The maximum atomic E-state index is 9.88. The van der Waals surface area contributed by atoms with E-state index >= 15 is 0 Å². The van der Waals surface area contributed by atoms with Crippen LogP contribution < -0.4 is 10.5 Å². The molecule has 4 atom stereocenters. The second-order valence-corrected chi connectivity index (χ2v) is 8.57. The van der Waals surface area contributed by atoms with Crippen LogP contribution in [0.2, 0.25) is 0 Å². The van der Waals surface area contributed by atoms with E-state index in [1.54, 1.807) is 6.92 Å². The van der Waals surface area contributed by atoms with E-state index in [-0.39, 0.29) is 12.1 Å². The summed E-state index contributed by atoms with van der Waals surface area (Å²) >= 11 is 0. The fourth-order valence-electron chi connectivity index (χ4n) is 4.66. The Bertz CT molecular complexity index is 1270. The number of rotatable bonds is 5. The Morgan fingerprint density at radius 2 is 2.00 bits per heavy atom. The second kappa shape index (κ2) is 8.33. The zero-order chi connectivity index (χ0) is 22.4. The van der Waals surface area contributed by atoms with Crippen LogP contribution in [0.3, 0.4) is 0 Å². The maximum absolute atomic E-state index is 9.88. The van der Waals surface area contributed by atoms with E-state index in [0.717, 1.165) is 22.3 Å². The highest BCUT2D eigenvalue weighted by Gasteiger charge is 2.33. The molecule has 1 aliphatic rings. The Kier molecular flexibility index (Phi) is 5.51. The third kappa shape index (κ3) is 3.61. The van der Waals surface area contributed by atoms with Crippen molar-refractivity contribution in [3.05, 3.63) is 48.0 Å². The first kappa shape index (κ1) is 21.2. The quantitative estimate of drug-likeness (QED) is 0.467. The summed E-state index contributed by atoms with van der Waals surface area (Å²) < 4.78 is 19.5. The number of hydrogen-bond donors (Lipinski definition) is 2. The zero-order valence-corrected chi connectivity index (χ0v) is 18.6. The van der Waals surface area contributed by atoms with Gasteiger partial charge in [0.15, 0.2) is 6.29 Å². The average molecular weight is 436 g/mol. The molecular weight excluding hydrogens is 406 g/mol. The summed E-state index contributed by atoms with van der Waals surface area (Å²) in [6.07, 6.45) is -0.956. The number of aryl methyl sites for hydroxylation is 2. The molecule has 0 aliphatic carbocycles. The number of benzene rings is 2. The van der Waals surface area contributed by atoms with Crippen molar-refractivity contribution in [1.82, 2.24) is 9.55 Å². The van der Waals surface area contributed by atoms with Crippen molar-refractivity contribution in [1.29, 1.82) is 0 Å². The van der Waals surface area contributed by atoms with Gasteiger partial charge in [-0.25, -0.2) is 4.98 Å². The van der Waals surface area contributed by atoms with Crippen molar-refractivity contribution in [3.63, 3.8) is 0 Å². The summed E-state index contributed by atoms with van der Waals surface area (Å²) in [7, 11) is 2.06. The molecule has 2 aromatic carbocycles. The van der Waals surface area contributed by atoms with Gasteiger partial charge < -0.3 is 29.6 Å². The molecule has 32 heavy (non-hydrogen) atoms. The van der Waals surface area contributed by atoms with Crippen LogP contribution in [-0.2, 0) is 16.5 Å². The van der Waals surface area contributed by atoms with Crippen LogP contribution in [0.25, 0.3) is 32.8 Å². The summed E-state index contributed by atoms with van der Waals surface area (Å²) in [5.74, 6) is 0.774. The topological polar surface area (TPSA) is 91.8 Å². The fourth-order valence-corrected chi connectivity index (χ4v) is 4.66. The lowest BCUT2D eigenvalue weighted by atomic mass is 10.0. The number of aliphatic hydroxyl groups is 1. The predicted octanol–water partition coefficient (Wildman–Crippen LogP) is 3.41. The van der Waals surface area contributed by atoms with E-state index in [4.69, 9.17) is 24.9 Å². The lowest BCUT2D eigenvalue weighted by Gasteiger charge is -2.35. The van der Waals surface area contributed by atoms with Gasteiger partial charge in [-0.1, -0.05) is 18.2 Å². The Labute approximate surface area is 186 Å². The van der Waals surface area contributed by atoms with Crippen molar-refractivity contribution in [2.24, 2.45) is 12.8 Å². The zero-order valence-electron chi connectivity index (χ0n) is 18.6. The van der Waals surface area contributed by atoms with Crippen LogP contribution in [0, 0.1) is 6.92 Å². The number of nitrogens with two attached hydrogens (primary N) is 1. The Morgan fingerprint density at radius 1 is 1.19 bits per heavy atom. The third-order valence-corrected chi connectivity index (χ3v) is 6.46. The van der Waals surface area contributed by atoms with Gasteiger partial charge >= 0.3 is 0 Å². The molecule has 1 aliphatic heterocycles. The molecule has 0 saturated carbocycles.